The van der Waals surface area contributed by atoms with Crippen LogP contribution in [0, 0.1) is 0 Å². The first-order valence-corrected chi connectivity index (χ1v) is 7.54. The Morgan fingerprint density at radius 1 is 1.57 bits per heavy atom. The van der Waals surface area contributed by atoms with Crippen LogP contribution in [0.15, 0.2) is 12.3 Å². The summed E-state index contributed by atoms with van der Waals surface area (Å²) in [6, 6.07) is 2.11. The highest BCUT2D eigenvalue weighted by atomic mass is 16.4. The zero-order valence-corrected chi connectivity index (χ0v) is 12.5. The number of nitrogen functional groups attached to an aromatic ring is 1. The van der Waals surface area contributed by atoms with Gasteiger partial charge in [0.1, 0.15) is 5.82 Å². The summed E-state index contributed by atoms with van der Waals surface area (Å²) in [5.74, 6) is -0.452. The Bertz CT molecular complexity index is 493. The topological polar surface area (TPSA) is 91.5 Å². The number of pyridine rings is 1. The van der Waals surface area contributed by atoms with Gasteiger partial charge in [0.25, 0.3) is 0 Å². The van der Waals surface area contributed by atoms with E-state index in [1.54, 1.807) is 0 Å². The fraction of sp³-hybridized carbons (Fsp3) is 0.600. The monoisotopic (exact) mass is 292 g/mol. The van der Waals surface area contributed by atoms with Crippen LogP contribution < -0.4 is 11.1 Å². The molecule has 1 aromatic heterocycles. The third-order valence-electron chi connectivity index (χ3n) is 4.02. The highest BCUT2D eigenvalue weighted by molar-refractivity contribution is 5.89. The first-order valence-electron chi connectivity index (χ1n) is 7.54. The lowest BCUT2D eigenvalue weighted by atomic mass is 10.0. The largest absolute Gasteiger partial charge is 0.478 e. The molecule has 1 saturated heterocycles. The Morgan fingerprint density at radius 3 is 3.05 bits per heavy atom. The van der Waals surface area contributed by atoms with Crippen LogP contribution in [0.5, 0.6) is 0 Å². The van der Waals surface area contributed by atoms with E-state index in [1.807, 2.05) is 0 Å². The predicted octanol–water partition coefficient (Wildman–Crippen LogP) is 2.04. The molecule has 0 saturated carbocycles. The van der Waals surface area contributed by atoms with E-state index >= 15 is 0 Å². The Morgan fingerprint density at radius 2 is 2.38 bits per heavy atom. The van der Waals surface area contributed by atoms with Crippen LogP contribution in [0.1, 0.15) is 43.0 Å². The molecule has 6 nitrogen and oxygen atoms in total. The van der Waals surface area contributed by atoms with Crippen LogP contribution in [-0.2, 0) is 0 Å². The molecule has 0 aromatic carbocycles. The molecule has 0 amide bonds. The number of nitrogens with zero attached hydrogens (tertiary/aromatic N) is 2. The number of anilines is 2. The Balaban J connectivity index is 1.77. The van der Waals surface area contributed by atoms with Crippen molar-refractivity contribution in [1.82, 2.24) is 9.88 Å². The van der Waals surface area contributed by atoms with E-state index in [9.17, 15) is 4.79 Å². The second kappa shape index (κ2) is 7.26. The molecule has 6 heteroatoms. The van der Waals surface area contributed by atoms with Gasteiger partial charge in [0.05, 0.1) is 11.3 Å². The number of aromatic nitrogens is 1. The molecule has 116 valence electrons. The minimum absolute atomic E-state index is 0.111. The normalized spacial score (nSPS) is 19.4. The Labute approximate surface area is 125 Å². The number of likely N-dealkylation sites (tertiary alicyclic amines) is 1. The molecule has 0 bridgehead atoms. The molecule has 1 aliphatic rings. The fourth-order valence-corrected chi connectivity index (χ4v) is 2.73. The minimum Gasteiger partial charge on any atom is -0.478 e. The van der Waals surface area contributed by atoms with Gasteiger partial charge < -0.3 is 21.1 Å². The van der Waals surface area contributed by atoms with Gasteiger partial charge in [-0.05, 0) is 38.8 Å². The summed E-state index contributed by atoms with van der Waals surface area (Å²) in [6.07, 6.45) is 6.27. The molecular formula is C15H24N4O2. The van der Waals surface area contributed by atoms with Gasteiger partial charge in [-0.1, -0.05) is 6.42 Å². The molecule has 1 fully saturated rings. The predicted molar refractivity (Wildman–Crippen MR) is 83.6 cm³/mol. The van der Waals surface area contributed by atoms with Crippen molar-refractivity contribution in [2.24, 2.45) is 0 Å². The molecule has 0 radical (unpaired) electrons. The van der Waals surface area contributed by atoms with Crippen LogP contribution in [0.25, 0.3) is 0 Å². The number of aromatic carboxylic acids is 1. The number of hydrogen-bond donors (Lipinski definition) is 3. The average molecular weight is 292 g/mol. The van der Waals surface area contributed by atoms with E-state index in [0.29, 0.717) is 17.5 Å². The van der Waals surface area contributed by atoms with E-state index in [4.69, 9.17) is 10.8 Å². The lowest BCUT2D eigenvalue weighted by Gasteiger charge is -2.33. The minimum atomic E-state index is -1.01. The van der Waals surface area contributed by atoms with Crippen molar-refractivity contribution in [3.05, 3.63) is 17.8 Å². The van der Waals surface area contributed by atoms with Crippen molar-refractivity contribution in [1.29, 1.82) is 0 Å². The second-order valence-electron chi connectivity index (χ2n) is 5.63. The van der Waals surface area contributed by atoms with Crippen molar-refractivity contribution >= 4 is 17.5 Å². The third kappa shape index (κ3) is 4.32. The summed E-state index contributed by atoms with van der Waals surface area (Å²) in [6.45, 7) is 5.33. The quantitative estimate of drug-likeness (QED) is 0.695. The van der Waals surface area contributed by atoms with Crippen molar-refractivity contribution in [2.75, 3.05) is 30.7 Å². The van der Waals surface area contributed by atoms with Gasteiger partial charge in [0.2, 0.25) is 0 Å². The molecule has 2 rings (SSSR count). The van der Waals surface area contributed by atoms with Gasteiger partial charge in [-0.25, -0.2) is 9.78 Å². The molecule has 21 heavy (non-hydrogen) atoms. The second-order valence-corrected chi connectivity index (χ2v) is 5.63. The summed E-state index contributed by atoms with van der Waals surface area (Å²) < 4.78 is 0. The number of carboxylic acids is 1. The van der Waals surface area contributed by atoms with Crippen LogP contribution in [0.2, 0.25) is 0 Å². The standard InChI is InChI=1S/C15H24N4O2/c1-11-5-2-3-7-19(11)8-4-6-17-14-13(16)9-12(10-18-14)15(20)21/h9-11H,2-8,16H2,1H3,(H,17,18)(H,20,21). The summed E-state index contributed by atoms with van der Waals surface area (Å²) in [5.41, 5.74) is 6.29. The summed E-state index contributed by atoms with van der Waals surface area (Å²) in [4.78, 5) is 17.4. The molecule has 2 heterocycles. The molecule has 1 aromatic rings. The number of piperidine rings is 1. The molecule has 0 aliphatic carbocycles. The molecule has 0 spiro atoms. The molecule has 4 N–H and O–H groups in total. The third-order valence-corrected chi connectivity index (χ3v) is 4.02. The lowest BCUT2D eigenvalue weighted by molar-refractivity contribution is 0.0696. The van der Waals surface area contributed by atoms with Gasteiger partial charge in [-0.2, -0.15) is 0 Å². The number of hydrogen-bond acceptors (Lipinski definition) is 5. The van der Waals surface area contributed by atoms with E-state index < -0.39 is 5.97 Å². The van der Waals surface area contributed by atoms with E-state index in [1.165, 1.54) is 38.1 Å². The molecule has 1 aliphatic heterocycles. The van der Waals surface area contributed by atoms with Gasteiger partial charge >= 0.3 is 5.97 Å². The fourth-order valence-electron chi connectivity index (χ4n) is 2.73. The molecule has 1 unspecified atom stereocenters. The molecular weight excluding hydrogens is 268 g/mol. The number of nitrogens with two attached hydrogens (primary N) is 1. The Hall–Kier alpha value is -1.82. The zero-order chi connectivity index (χ0) is 15.2. The number of carbonyl (C=O) groups is 1. The van der Waals surface area contributed by atoms with E-state index in [0.717, 1.165) is 19.5 Å². The highest BCUT2D eigenvalue weighted by Crippen LogP contribution is 2.18. The number of rotatable bonds is 6. The van der Waals surface area contributed by atoms with E-state index in [-0.39, 0.29) is 5.56 Å². The SMILES string of the molecule is CC1CCCCN1CCCNc1ncc(C(=O)O)cc1N. The highest BCUT2D eigenvalue weighted by Gasteiger charge is 2.17. The van der Waals surface area contributed by atoms with Gasteiger partial charge in [-0.15, -0.1) is 0 Å². The maximum atomic E-state index is 10.8. The van der Waals surface area contributed by atoms with Gasteiger partial charge in [0, 0.05) is 25.3 Å². The smallest absolute Gasteiger partial charge is 0.337 e. The van der Waals surface area contributed by atoms with Crippen LogP contribution >= 0.6 is 0 Å². The van der Waals surface area contributed by atoms with Gasteiger partial charge in [0.15, 0.2) is 0 Å². The summed E-state index contributed by atoms with van der Waals surface area (Å²) in [7, 11) is 0. The number of nitrogens with one attached hydrogen (secondary N) is 1. The average Bonchev–Trinajstić information content (AvgIpc) is 2.46. The van der Waals surface area contributed by atoms with Crippen molar-refractivity contribution in [3.63, 3.8) is 0 Å². The summed E-state index contributed by atoms with van der Waals surface area (Å²) in [5, 5.41) is 12.0. The Kier molecular flexibility index (Phi) is 5.38. The maximum Gasteiger partial charge on any atom is 0.337 e. The van der Waals surface area contributed by atoms with E-state index in [2.05, 4.69) is 22.1 Å². The zero-order valence-electron chi connectivity index (χ0n) is 12.5. The lowest BCUT2D eigenvalue weighted by Crippen LogP contribution is -2.38. The van der Waals surface area contributed by atoms with Crippen molar-refractivity contribution in [2.45, 2.75) is 38.6 Å². The molecule has 1 atom stereocenters. The van der Waals surface area contributed by atoms with Crippen molar-refractivity contribution in [3.8, 4) is 0 Å². The number of carboxylic acid groups (broad SMARTS) is 1. The van der Waals surface area contributed by atoms with Gasteiger partial charge in [-0.3, -0.25) is 0 Å². The van der Waals surface area contributed by atoms with Crippen LogP contribution in [-0.4, -0.2) is 46.6 Å². The van der Waals surface area contributed by atoms with Crippen LogP contribution in [0.4, 0.5) is 11.5 Å². The van der Waals surface area contributed by atoms with Crippen molar-refractivity contribution < 1.29 is 9.90 Å². The first kappa shape index (κ1) is 15.6. The first-order chi connectivity index (χ1) is 10.1. The van der Waals surface area contributed by atoms with Crippen LogP contribution in [0.3, 0.4) is 0 Å². The maximum absolute atomic E-state index is 10.8. The summed E-state index contributed by atoms with van der Waals surface area (Å²) >= 11 is 0.